The van der Waals surface area contributed by atoms with E-state index in [1.807, 2.05) is 24.9 Å². The Morgan fingerprint density at radius 2 is 2.56 bits per heavy atom. The predicted molar refractivity (Wildman–Crippen MR) is 60.7 cm³/mol. The maximum atomic E-state index is 12.0. The standard InChI is InChI=1S/C11H18N4O/c1-14-7-6-13-10(14)8-15(2)11(16)9-4-3-5-12-9/h6-7,9,12H,3-5,8H2,1-2H3. The molecule has 0 aromatic carbocycles. The maximum Gasteiger partial charge on any atom is 0.239 e. The first-order valence-electron chi connectivity index (χ1n) is 5.63. The summed E-state index contributed by atoms with van der Waals surface area (Å²) in [6.45, 7) is 1.52. The highest BCUT2D eigenvalue weighted by Gasteiger charge is 2.25. The molecule has 1 aromatic heterocycles. The monoisotopic (exact) mass is 222 g/mol. The topological polar surface area (TPSA) is 50.2 Å². The van der Waals surface area contributed by atoms with Crippen LogP contribution >= 0.6 is 0 Å². The van der Waals surface area contributed by atoms with Crippen molar-refractivity contribution in [2.75, 3.05) is 13.6 Å². The molecule has 0 aliphatic carbocycles. The number of hydrogen-bond donors (Lipinski definition) is 1. The zero-order valence-corrected chi connectivity index (χ0v) is 9.81. The zero-order chi connectivity index (χ0) is 11.5. The number of hydrogen-bond acceptors (Lipinski definition) is 3. The van der Waals surface area contributed by atoms with Crippen LogP contribution < -0.4 is 5.32 Å². The minimum absolute atomic E-state index is 0.00488. The molecule has 1 aliphatic rings. The van der Waals surface area contributed by atoms with Gasteiger partial charge in [0.05, 0.1) is 12.6 Å². The smallest absolute Gasteiger partial charge is 0.239 e. The van der Waals surface area contributed by atoms with Crippen LogP contribution in [0.4, 0.5) is 0 Å². The van der Waals surface area contributed by atoms with Gasteiger partial charge in [-0.1, -0.05) is 0 Å². The van der Waals surface area contributed by atoms with Gasteiger partial charge in [-0.2, -0.15) is 0 Å². The van der Waals surface area contributed by atoms with E-state index < -0.39 is 0 Å². The molecule has 0 radical (unpaired) electrons. The molecule has 1 aromatic rings. The van der Waals surface area contributed by atoms with Crippen molar-refractivity contribution in [1.82, 2.24) is 19.8 Å². The molecular formula is C11H18N4O. The molecule has 5 heteroatoms. The fourth-order valence-corrected chi connectivity index (χ4v) is 2.00. The molecule has 1 atom stereocenters. The second-order valence-electron chi connectivity index (χ2n) is 4.30. The van der Waals surface area contributed by atoms with E-state index in [0.717, 1.165) is 25.2 Å². The van der Waals surface area contributed by atoms with E-state index in [2.05, 4.69) is 10.3 Å². The number of nitrogens with zero attached hydrogens (tertiary/aromatic N) is 3. The third kappa shape index (κ3) is 2.24. The fourth-order valence-electron chi connectivity index (χ4n) is 2.00. The Hall–Kier alpha value is -1.36. The van der Waals surface area contributed by atoms with Crippen LogP contribution in [0.1, 0.15) is 18.7 Å². The van der Waals surface area contributed by atoms with Crippen molar-refractivity contribution < 1.29 is 4.79 Å². The Bertz CT molecular complexity index is 368. The van der Waals surface area contributed by atoms with E-state index in [9.17, 15) is 4.79 Å². The summed E-state index contributed by atoms with van der Waals surface area (Å²) < 4.78 is 1.94. The minimum atomic E-state index is 0.00488. The minimum Gasteiger partial charge on any atom is -0.337 e. The highest BCUT2D eigenvalue weighted by atomic mass is 16.2. The van der Waals surface area contributed by atoms with Gasteiger partial charge in [0.1, 0.15) is 5.82 Å². The van der Waals surface area contributed by atoms with Gasteiger partial charge in [0, 0.05) is 26.5 Å². The third-order valence-corrected chi connectivity index (χ3v) is 3.03. The van der Waals surface area contributed by atoms with Gasteiger partial charge in [-0.05, 0) is 19.4 Å². The van der Waals surface area contributed by atoms with Gasteiger partial charge in [0.15, 0.2) is 0 Å². The molecule has 0 spiro atoms. The van der Waals surface area contributed by atoms with E-state index in [4.69, 9.17) is 0 Å². The third-order valence-electron chi connectivity index (χ3n) is 3.03. The highest BCUT2D eigenvalue weighted by Crippen LogP contribution is 2.09. The van der Waals surface area contributed by atoms with Crippen LogP contribution in [0.15, 0.2) is 12.4 Å². The number of carbonyl (C=O) groups is 1. The summed E-state index contributed by atoms with van der Waals surface area (Å²) in [5, 5.41) is 3.21. The van der Waals surface area contributed by atoms with Crippen molar-refractivity contribution in [3.8, 4) is 0 Å². The van der Waals surface area contributed by atoms with E-state index >= 15 is 0 Å². The molecule has 5 nitrogen and oxygen atoms in total. The maximum absolute atomic E-state index is 12.0. The molecule has 1 aliphatic heterocycles. The van der Waals surface area contributed by atoms with Gasteiger partial charge >= 0.3 is 0 Å². The zero-order valence-electron chi connectivity index (χ0n) is 9.81. The molecule has 0 bridgehead atoms. The second-order valence-corrected chi connectivity index (χ2v) is 4.30. The lowest BCUT2D eigenvalue weighted by Gasteiger charge is -2.20. The Morgan fingerprint density at radius 3 is 3.12 bits per heavy atom. The fraction of sp³-hybridized carbons (Fsp3) is 0.636. The van der Waals surface area contributed by atoms with E-state index in [1.54, 1.807) is 11.1 Å². The Morgan fingerprint density at radius 1 is 1.75 bits per heavy atom. The lowest BCUT2D eigenvalue weighted by Crippen LogP contribution is -2.41. The number of carbonyl (C=O) groups excluding carboxylic acids is 1. The number of amides is 1. The molecule has 2 rings (SSSR count). The van der Waals surface area contributed by atoms with Crippen LogP contribution in [-0.4, -0.2) is 40.0 Å². The van der Waals surface area contributed by atoms with E-state index in [1.165, 1.54) is 0 Å². The molecular weight excluding hydrogens is 204 g/mol. The molecule has 16 heavy (non-hydrogen) atoms. The number of rotatable bonds is 3. The van der Waals surface area contributed by atoms with Crippen LogP contribution in [0, 0.1) is 0 Å². The molecule has 0 saturated carbocycles. The van der Waals surface area contributed by atoms with E-state index in [-0.39, 0.29) is 11.9 Å². The number of likely N-dealkylation sites (N-methyl/N-ethyl adjacent to an activating group) is 1. The number of aromatic nitrogens is 2. The van der Waals surface area contributed by atoms with Gasteiger partial charge in [-0.3, -0.25) is 4.79 Å². The summed E-state index contributed by atoms with van der Waals surface area (Å²) in [4.78, 5) is 18.0. The summed E-state index contributed by atoms with van der Waals surface area (Å²) in [6.07, 6.45) is 5.68. The lowest BCUT2D eigenvalue weighted by atomic mass is 10.2. The highest BCUT2D eigenvalue weighted by molar-refractivity contribution is 5.81. The van der Waals surface area contributed by atoms with Crippen molar-refractivity contribution in [3.05, 3.63) is 18.2 Å². The van der Waals surface area contributed by atoms with Crippen molar-refractivity contribution in [2.24, 2.45) is 7.05 Å². The molecule has 88 valence electrons. The summed E-state index contributed by atoms with van der Waals surface area (Å²) in [7, 11) is 3.77. The Balaban J connectivity index is 1.94. The average molecular weight is 222 g/mol. The van der Waals surface area contributed by atoms with Crippen molar-refractivity contribution >= 4 is 5.91 Å². The van der Waals surface area contributed by atoms with Crippen LogP contribution in [0.25, 0.3) is 0 Å². The predicted octanol–water partition coefficient (Wildman–Crippen LogP) is 0.130. The Kier molecular flexibility index (Phi) is 3.24. The summed E-state index contributed by atoms with van der Waals surface area (Å²) in [5.41, 5.74) is 0. The Labute approximate surface area is 95.5 Å². The van der Waals surface area contributed by atoms with Gasteiger partial charge < -0.3 is 14.8 Å². The van der Waals surface area contributed by atoms with Crippen molar-refractivity contribution in [3.63, 3.8) is 0 Å². The molecule has 1 N–H and O–H groups in total. The summed E-state index contributed by atoms with van der Waals surface area (Å²) in [5.74, 6) is 1.08. The van der Waals surface area contributed by atoms with Gasteiger partial charge in [0.2, 0.25) is 5.91 Å². The van der Waals surface area contributed by atoms with Gasteiger partial charge in [0.25, 0.3) is 0 Å². The first-order valence-corrected chi connectivity index (χ1v) is 5.63. The SMILES string of the molecule is CN(Cc1nccn1C)C(=O)C1CCCN1. The quantitative estimate of drug-likeness (QED) is 0.791. The molecule has 1 unspecified atom stereocenters. The first-order chi connectivity index (χ1) is 7.68. The van der Waals surface area contributed by atoms with Crippen LogP contribution in [0.2, 0.25) is 0 Å². The van der Waals surface area contributed by atoms with Crippen molar-refractivity contribution in [1.29, 1.82) is 0 Å². The van der Waals surface area contributed by atoms with Gasteiger partial charge in [-0.25, -0.2) is 4.98 Å². The van der Waals surface area contributed by atoms with Gasteiger partial charge in [-0.15, -0.1) is 0 Å². The summed E-state index contributed by atoms with van der Waals surface area (Å²) in [6, 6.07) is 0.00488. The normalized spacial score (nSPS) is 20.0. The number of aryl methyl sites for hydroxylation is 1. The average Bonchev–Trinajstić information content (AvgIpc) is 2.89. The molecule has 1 amide bonds. The number of imidazole rings is 1. The first kappa shape index (κ1) is 11.1. The molecule has 2 heterocycles. The van der Waals surface area contributed by atoms with Crippen LogP contribution in [0.3, 0.4) is 0 Å². The van der Waals surface area contributed by atoms with E-state index in [0.29, 0.717) is 6.54 Å². The largest absolute Gasteiger partial charge is 0.337 e. The summed E-state index contributed by atoms with van der Waals surface area (Å²) >= 11 is 0. The second kappa shape index (κ2) is 4.65. The van der Waals surface area contributed by atoms with Crippen molar-refractivity contribution in [2.45, 2.75) is 25.4 Å². The lowest BCUT2D eigenvalue weighted by molar-refractivity contribution is -0.132. The van der Waals surface area contributed by atoms with Crippen LogP contribution in [-0.2, 0) is 18.4 Å². The molecule has 1 fully saturated rings. The number of nitrogens with one attached hydrogen (secondary N) is 1. The molecule has 1 saturated heterocycles. The van der Waals surface area contributed by atoms with Crippen LogP contribution in [0.5, 0.6) is 0 Å².